The lowest BCUT2D eigenvalue weighted by Gasteiger charge is -2.32. The van der Waals surface area contributed by atoms with E-state index >= 15 is 0 Å². The lowest BCUT2D eigenvalue weighted by atomic mass is 9.86. The average Bonchev–Trinajstić information content (AvgIpc) is 2.68. The van der Waals surface area contributed by atoms with Crippen LogP contribution in [0.15, 0.2) is 60.8 Å². The third kappa shape index (κ3) is 3.33. The number of pyridine rings is 1. The van der Waals surface area contributed by atoms with Crippen molar-refractivity contribution in [2.45, 2.75) is 25.3 Å². The summed E-state index contributed by atoms with van der Waals surface area (Å²) in [4.78, 5) is 18.0. The number of carbonyl (C=O) groups is 1. The number of rotatable bonds is 4. The number of nitrogens with zero attached hydrogens (tertiary/aromatic N) is 2. The highest BCUT2D eigenvalue weighted by atomic mass is 16.4. The Balaban J connectivity index is 1.47. The standard InChI is InChI=1S/C22H22N2O2/c25-22(26)20-9-4-12-23-21(20)15-24-13-10-17(11-14-24)19-8-3-6-16-5-1-2-7-18(16)19/h1-9,12,17H,10-11,13-15H2,(H,25,26). The van der Waals surface area contributed by atoms with E-state index in [0.29, 0.717) is 23.7 Å². The van der Waals surface area contributed by atoms with E-state index in [1.165, 1.54) is 16.3 Å². The summed E-state index contributed by atoms with van der Waals surface area (Å²) in [6.07, 6.45) is 3.84. The molecule has 1 saturated heterocycles. The summed E-state index contributed by atoms with van der Waals surface area (Å²) < 4.78 is 0. The van der Waals surface area contributed by atoms with E-state index in [4.69, 9.17) is 0 Å². The molecule has 0 bridgehead atoms. The largest absolute Gasteiger partial charge is 0.478 e. The number of carboxylic acid groups (broad SMARTS) is 1. The molecule has 4 nitrogen and oxygen atoms in total. The predicted octanol–water partition coefficient (Wildman–Crippen LogP) is 4.31. The molecular weight excluding hydrogens is 324 g/mol. The fraction of sp³-hybridized carbons (Fsp3) is 0.273. The summed E-state index contributed by atoms with van der Waals surface area (Å²) in [5.41, 5.74) is 2.40. The summed E-state index contributed by atoms with van der Waals surface area (Å²) in [5, 5.41) is 12.0. The second-order valence-electron chi connectivity index (χ2n) is 6.92. The van der Waals surface area contributed by atoms with Gasteiger partial charge < -0.3 is 5.11 Å². The Morgan fingerprint density at radius 3 is 2.62 bits per heavy atom. The molecule has 0 atom stereocenters. The summed E-state index contributed by atoms with van der Waals surface area (Å²) in [7, 11) is 0. The highest BCUT2D eigenvalue weighted by Gasteiger charge is 2.23. The zero-order chi connectivity index (χ0) is 17.9. The molecular formula is C22H22N2O2. The third-order valence-electron chi connectivity index (χ3n) is 5.34. The molecule has 1 aliphatic heterocycles. The van der Waals surface area contributed by atoms with Crippen LogP contribution in [0.3, 0.4) is 0 Å². The van der Waals surface area contributed by atoms with Crippen molar-refractivity contribution in [1.29, 1.82) is 0 Å². The van der Waals surface area contributed by atoms with Crippen molar-refractivity contribution >= 4 is 16.7 Å². The van der Waals surface area contributed by atoms with Gasteiger partial charge in [-0.25, -0.2) is 4.79 Å². The van der Waals surface area contributed by atoms with Gasteiger partial charge in [0.25, 0.3) is 0 Å². The Kier molecular flexibility index (Phi) is 4.67. The molecule has 2 heterocycles. The van der Waals surface area contributed by atoms with Crippen LogP contribution < -0.4 is 0 Å². The van der Waals surface area contributed by atoms with Gasteiger partial charge in [-0.05, 0) is 60.3 Å². The second kappa shape index (κ2) is 7.26. The van der Waals surface area contributed by atoms with Crippen LogP contribution in [0.2, 0.25) is 0 Å². The molecule has 0 radical (unpaired) electrons. The molecule has 0 saturated carbocycles. The number of carboxylic acids is 1. The van der Waals surface area contributed by atoms with Crippen molar-refractivity contribution in [2.75, 3.05) is 13.1 Å². The van der Waals surface area contributed by atoms with Gasteiger partial charge >= 0.3 is 5.97 Å². The topological polar surface area (TPSA) is 53.4 Å². The monoisotopic (exact) mass is 346 g/mol. The molecule has 4 heteroatoms. The quantitative estimate of drug-likeness (QED) is 0.765. The summed E-state index contributed by atoms with van der Waals surface area (Å²) in [6, 6.07) is 18.5. The highest BCUT2D eigenvalue weighted by Crippen LogP contribution is 2.33. The minimum Gasteiger partial charge on any atom is -0.478 e. The normalized spacial score (nSPS) is 16.0. The van der Waals surface area contributed by atoms with E-state index in [-0.39, 0.29) is 0 Å². The molecule has 1 aliphatic rings. The first-order valence-corrected chi connectivity index (χ1v) is 9.09. The van der Waals surface area contributed by atoms with Gasteiger partial charge in [0.15, 0.2) is 0 Å². The number of hydrogen-bond acceptors (Lipinski definition) is 3. The summed E-state index contributed by atoms with van der Waals surface area (Å²) >= 11 is 0. The molecule has 0 spiro atoms. The van der Waals surface area contributed by atoms with Gasteiger partial charge in [0.2, 0.25) is 0 Å². The van der Waals surface area contributed by atoms with Crippen LogP contribution in [0.1, 0.15) is 40.4 Å². The van der Waals surface area contributed by atoms with Gasteiger partial charge in [-0.1, -0.05) is 42.5 Å². The van der Waals surface area contributed by atoms with Crippen LogP contribution in [0.25, 0.3) is 10.8 Å². The highest BCUT2D eigenvalue weighted by molar-refractivity contribution is 5.88. The third-order valence-corrected chi connectivity index (χ3v) is 5.34. The van der Waals surface area contributed by atoms with E-state index in [2.05, 4.69) is 52.3 Å². The zero-order valence-corrected chi connectivity index (χ0v) is 14.6. The summed E-state index contributed by atoms with van der Waals surface area (Å²) in [6.45, 7) is 2.53. The number of hydrogen-bond donors (Lipinski definition) is 1. The Morgan fingerprint density at radius 1 is 1.04 bits per heavy atom. The first-order chi connectivity index (χ1) is 12.7. The number of piperidine rings is 1. The Bertz CT molecular complexity index is 925. The molecule has 4 rings (SSSR count). The van der Waals surface area contributed by atoms with Gasteiger partial charge in [-0.3, -0.25) is 9.88 Å². The molecule has 26 heavy (non-hydrogen) atoms. The van der Waals surface area contributed by atoms with Crippen LogP contribution in [0.4, 0.5) is 0 Å². The Labute approximate surface area is 153 Å². The van der Waals surface area contributed by atoms with E-state index in [1.807, 2.05) is 0 Å². The van der Waals surface area contributed by atoms with Gasteiger partial charge in [0, 0.05) is 12.7 Å². The Morgan fingerprint density at radius 2 is 1.81 bits per heavy atom. The number of aromatic carboxylic acids is 1. The van der Waals surface area contributed by atoms with E-state index in [1.54, 1.807) is 18.3 Å². The van der Waals surface area contributed by atoms with Gasteiger partial charge in [0.05, 0.1) is 11.3 Å². The van der Waals surface area contributed by atoms with Crippen molar-refractivity contribution in [3.05, 3.63) is 77.6 Å². The SMILES string of the molecule is O=C(O)c1cccnc1CN1CCC(c2cccc3ccccc23)CC1. The van der Waals surface area contributed by atoms with E-state index in [0.717, 1.165) is 25.9 Å². The van der Waals surface area contributed by atoms with E-state index < -0.39 is 5.97 Å². The molecule has 0 aliphatic carbocycles. The van der Waals surface area contributed by atoms with Crippen LogP contribution >= 0.6 is 0 Å². The van der Waals surface area contributed by atoms with Crippen LogP contribution in [-0.4, -0.2) is 34.0 Å². The maximum absolute atomic E-state index is 11.4. The van der Waals surface area contributed by atoms with Gasteiger partial charge in [-0.2, -0.15) is 0 Å². The molecule has 2 aromatic carbocycles. The molecule has 1 aromatic heterocycles. The van der Waals surface area contributed by atoms with Crippen molar-refractivity contribution < 1.29 is 9.90 Å². The number of likely N-dealkylation sites (tertiary alicyclic amines) is 1. The lowest BCUT2D eigenvalue weighted by molar-refractivity contribution is 0.0693. The molecule has 132 valence electrons. The fourth-order valence-electron chi connectivity index (χ4n) is 3.98. The van der Waals surface area contributed by atoms with Crippen molar-refractivity contribution in [2.24, 2.45) is 0 Å². The summed E-state index contributed by atoms with van der Waals surface area (Å²) in [5.74, 6) is -0.348. The van der Waals surface area contributed by atoms with Crippen molar-refractivity contribution in [3.63, 3.8) is 0 Å². The number of benzene rings is 2. The zero-order valence-electron chi connectivity index (χ0n) is 14.6. The van der Waals surface area contributed by atoms with Crippen molar-refractivity contribution in [1.82, 2.24) is 9.88 Å². The Hall–Kier alpha value is -2.72. The molecule has 0 unspecified atom stereocenters. The van der Waals surface area contributed by atoms with Crippen LogP contribution in [0, 0.1) is 0 Å². The minimum absolute atomic E-state index is 0.309. The van der Waals surface area contributed by atoms with Crippen molar-refractivity contribution in [3.8, 4) is 0 Å². The smallest absolute Gasteiger partial charge is 0.337 e. The molecule has 1 N–H and O–H groups in total. The molecule has 0 amide bonds. The van der Waals surface area contributed by atoms with Gasteiger partial charge in [-0.15, -0.1) is 0 Å². The average molecular weight is 346 g/mol. The first kappa shape index (κ1) is 16.7. The maximum Gasteiger partial charge on any atom is 0.337 e. The minimum atomic E-state index is -0.904. The predicted molar refractivity (Wildman–Crippen MR) is 102 cm³/mol. The van der Waals surface area contributed by atoms with Gasteiger partial charge in [0.1, 0.15) is 0 Å². The maximum atomic E-state index is 11.4. The number of aromatic nitrogens is 1. The first-order valence-electron chi connectivity index (χ1n) is 9.09. The number of fused-ring (bicyclic) bond motifs is 1. The molecule has 1 fully saturated rings. The molecule has 3 aromatic rings. The van der Waals surface area contributed by atoms with Crippen LogP contribution in [-0.2, 0) is 6.54 Å². The second-order valence-corrected chi connectivity index (χ2v) is 6.92. The fourth-order valence-corrected chi connectivity index (χ4v) is 3.98. The van der Waals surface area contributed by atoms with Crippen LogP contribution in [0.5, 0.6) is 0 Å². The lowest BCUT2D eigenvalue weighted by Crippen LogP contribution is -2.33. The van der Waals surface area contributed by atoms with E-state index in [9.17, 15) is 9.90 Å².